The number of ketones is 1. The molecule has 3 aliphatic carbocycles. The molecule has 0 radical (unpaired) electrons. The summed E-state index contributed by atoms with van der Waals surface area (Å²) in [6.07, 6.45) is 9.16. The Hall–Kier alpha value is -1.51. The van der Waals surface area contributed by atoms with Gasteiger partial charge in [-0.05, 0) is 89.4 Å². The molecule has 0 amide bonds. The van der Waals surface area contributed by atoms with Crippen LogP contribution in [0.5, 0.6) is 0 Å². The summed E-state index contributed by atoms with van der Waals surface area (Å²) in [7, 11) is 1.69. The molecule has 4 rings (SSSR count). The number of carbonyl (C=O) groups is 1. The van der Waals surface area contributed by atoms with Gasteiger partial charge in [0.2, 0.25) is 0 Å². The maximum absolute atomic E-state index is 13.6. The Morgan fingerprint density at radius 1 is 1.09 bits per heavy atom. The third-order valence-corrected chi connectivity index (χ3v) is 9.38. The summed E-state index contributed by atoms with van der Waals surface area (Å²) in [5.41, 5.74) is 2.93. The Labute approximate surface area is 195 Å². The van der Waals surface area contributed by atoms with Crippen molar-refractivity contribution in [2.24, 2.45) is 34.5 Å². The van der Waals surface area contributed by atoms with E-state index in [1.165, 1.54) is 24.8 Å². The first-order valence-electron chi connectivity index (χ1n) is 12.7. The maximum Gasteiger partial charge on any atom is 0.191 e. The molecule has 4 atom stereocenters. The fraction of sp³-hybridized carbons (Fsp3) is 0.759. The van der Waals surface area contributed by atoms with E-state index in [9.17, 15) is 4.79 Å². The minimum atomic E-state index is -0.429. The van der Waals surface area contributed by atoms with E-state index in [1.807, 2.05) is 6.92 Å². The summed E-state index contributed by atoms with van der Waals surface area (Å²) >= 11 is 0. The van der Waals surface area contributed by atoms with E-state index in [4.69, 9.17) is 9.47 Å². The van der Waals surface area contributed by atoms with Crippen LogP contribution in [0.1, 0.15) is 93.9 Å². The van der Waals surface area contributed by atoms with E-state index >= 15 is 0 Å². The van der Waals surface area contributed by atoms with Crippen molar-refractivity contribution in [3.8, 4) is 0 Å². The van der Waals surface area contributed by atoms with Gasteiger partial charge in [0, 0.05) is 17.1 Å². The van der Waals surface area contributed by atoms with Crippen molar-refractivity contribution in [3.63, 3.8) is 0 Å². The van der Waals surface area contributed by atoms with Crippen LogP contribution in [0.2, 0.25) is 0 Å². The lowest BCUT2D eigenvalue weighted by Crippen LogP contribution is -2.60. The zero-order valence-electron chi connectivity index (χ0n) is 21.9. The van der Waals surface area contributed by atoms with Crippen molar-refractivity contribution in [1.82, 2.24) is 0 Å². The van der Waals surface area contributed by atoms with Crippen LogP contribution >= 0.6 is 0 Å². The Kier molecular flexibility index (Phi) is 5.74. The zero-order chi connectivity index (χ0) is 23.6. The van der Waals surface area contributed by atoms with Crippen molar-refractivity contribution in [2.75, 3.05) is 7.11 Å². The first-order valence-corrected chi connectivity index (χ1v) is 12.7. The Morgan fingerprint density at radius 2 is 1.78 bits per heavy atom. The predicted molar refractivity (Wildman–Crippen MR) is 130 cm³/mol. The number of allylic oxidation sites excluding steroid dienone is 4. The number of methoxy groups -OCH3 is 1. The summed E-state index contributed by atoms with van der Waals surface area (Å²) in [5, 5.41) is 0. The van der Waals surface area contributed by atoms with Crippen molar-refractivity contribution < 1.29 is 14.3 Å². The number of Topliss-reactive ketones (excluding diaryl/α,β-unsaturated/α-hetero) is 1. The molecule has 0 bridgehead atoms. The molecule has 0 aromatic rings. The van der Waals surface area contributed by atoms with E-state index in [0.29, 0.717) is 23.2 Å². The van der Waals surface area contributed by atoms with Gasteiger partial charge in [0.1, 0.15) is 17.1 Å². The maximum atomic E-state index is 13.6. The van der Waals surface area contributed by atoms with Crippen molar-refractivity contribution in [2.45, 2.75) is 99.5 Å². The molecule has 0 saturated heterocycles. The lowest BCUT2D eigenvalue weighted by molar-refractivity contribution is -0.188. The Morgan fingerprint density at radius 3 is 2.38 bits per heavy atom. The molecule has 1 spiro atoms. The average Bonchev–Trinajstić information content (AvgIpc) is 2.74. The van der Waals surface area contributed by atoms with Crippen molar-refractivity contribution in [3.05, 3.63) is 34.3 Å². The lowest BCUT2D eigenvalue weighted by Gasteiger charge is -2.62. The summed E-state index contributed by atoms with van der Waals surface area (Å²) in [5.74, 6) is 3.65. The number of fused-ring (bicyclic) bond motifs is 2. The van der Waals surface area contributed by atoms with E-state index in [-0.39, 0.29) is 17.3 Å². The normalized spacial score (nSPS) is 38.0. The van der Waals surface area contributed by atoms with Gasteiger partial charge < -0.3 is 9.47 Å². The van der Waals surface area contributed by atoms with Crippen LogP contribution in [-0.2, 0) is 14.3 Å². The average molecular weight is 441 g/mol. The van der Waals surface area contributed by atoms with Crippen LogP contribution in [0.3, 0.4) is 0 Å². The topological polar surface area (TPSA) is 35.5 Å². The quantitative estimate of drug-likeness (QED) is 0.420. The highest BCUT2D eigenvalue weighted by atomic mass is 16.5. The monoisotopic (exact) mass is 440 g/mol. The number of rotatable bonds is 2. The molecule has 32 heavy (non-hydrogen) atoms. The molecular formula is C29H44O3. The first kappa shape index (κ1) is 23.6. The van der Waals surface area contributed by atoms with Gasteiger partial charge in [-0.15, -0.1) is 0 Å². The summed E-state index contributed by atoms with van der Waals surface area (Å²) in [6.45, 7) is 18.0. The zero-order valence-corrected chi connectivity index (χ0v) is 21.9. The molecular weight excluding hydrogens is 396 g/mol. The first-order chi connectivity index (χ1) is 14.9. The number of carbonyl (C=O) groups excluding carboxylic acids is 1. The minimum Gasteiger partial charge on any atom is -0.500 e. The third-order valence-electron chi connectivity index (χ3n) is 9.38. The molecule has 3 nitrogen and oxygen atoms in total. The largest absolute Gasteiger partial charge is 0.500 e. The second kappa shape index (κ2) is 7.77. The van der Waals surface area contributed by atoms with Crippen LogP contribution in [0.4, 0.5) is 0 Å². The van der Waals surface area contributed by atoms with Gasteiger partial charge in [0.05, 0.1) is 12.5 Å². The van der Waals surface area contributed by atoms with Gasteiger partial charge in [0.25, 0.3) is 0 Å². The number of ether oxygens (including phenoxy) is 2. The van der Waals surface area contributed by atoms with E-state index in [0.717, 1.165) is 41.9 Å². The van der Waals surface area contributed by atoms with E-state index in [2.05, 4.69) is 54.5 Å². The summed E-state index contributed by atoms with van der Waals surface area (Å²) < 4.78 is 13.1. The van der Waals surface area contributed by atoms with Gasteiger partial charge in [-0.25, -0.2) is 0 Å². The van der Waals surface area contributed by atoms with Crippen LogP contribution in [0.15, 0.2) is 34.3 Å². The molecule has 4 aliphatic rings. The van der Waals surface area contributed by atoms with Crippen LogP contribution in [0, 0.1) is 34.5 Å². The van der Waals surface area contributed by atoms with Crippen LogP contribution < -0.4 is 0 Å². The molecule has 0 aromatic carbocycles. The van der Waals surface area contributed by atoms with Gasteiger partial charge in [-0.2, -0.15) is 0 Å². The standard InChI is InChI=1S/C29H44O3/c1-17(2)20-15-29(14-10-11-18(3)12-13-21-22(29)16-27(21,5)6)32-26-23(20)24(30)19(4)25(31-9)28(26,7)8/h11,17,20-22H,10,12-16H2,1-9H3/b18-11+/t20-,21-,22+,29-/m1/s1. The Balaban J connectivity index is 1.85. The number of hydrogen-bond acceptors (Lipinski definition) is 3. The second-order valence-electron chi connectivity index (χ2n) is 12.6. The lowest BCUT2D eigenvalue weighted by atomic mass is 9.47. The van der Waals surface area contributed by atoms with Gasteiger partial charge in [-0.3, -0.25) is 4.79 Å². The van der Waals surface area contributed by atoms with Gasteiger partial charge in [0.15, 0.2) is 5.78 Å². The summed E-state index contributed by atoms with van der Waals surface area (Å²) in [4.78, 5) is 13.6. The van der Waals surface area contributed by atoms with Crippen molar-refractivity contribution in [1.29, 1.82) is 0 Å². The highest BCUT2D eigenvalue weighted by Gasteiger charge is 2.61. The molecule has 3 heteroatoms. The number of hydrogen-bond donors (Lipinski definition) is 0. The third kappa shape index (κ3) is 3.41. The summed E-state index contributed by atoms with van der Waals surface area (Å²) in [6, 6.07) is 0. The molecule has 1 saturated carbocycles. The SMILES string of the molecule is COC1=C(C)C(=O)C2=C(O[C@]3(CC/C=C(\C)CC[C@@H]4[C@@H]3CC4(C)C)C[C@@H]2C(C)C)C1(C)C. The molecule has 0 N–H and O–H groups in total. The molecule has 1 fully saturated rings. The Bertz CT molecular complexity index is 897. The fourth-order valence-electron chi connectivity index (χ4n) is 7.54. The molecule has 178 valence electrons. The highest BCUT2D eigenvalue weighted by Crippen LogP contribution is 2.64. The van der Waals surface area contributed by atoms with Gasteiger partial charge in [-0.1, -0.05) is 39.3 Å². The van der Waals surface area contributed by atoms with Crippen LogP contribution in [-0.4, -0.2) is 18.5 Å². The second-order valence-corrected chi connectivity index (χ2v) is 12.6. The van der Waals surface area contributed by atoms with Crippen LogP contribution in [0.25, 0.3) is 0 Å². The molecule has 0 aromatic heterocycles. The molecule has 1 aliphatic heterocycles. The molecule has 1 heterocycles. The van der Waals surface area contributed by atoms with Crippen molar-refractivity contribution >= 4 is 5.78 Å². The molecule has 0 unspecified atom stereocenters. The minimum absolute atomic E-state index is 0.133. The predicted octanol–water partition coefficient (Wildman–Crippen LogP) is 7.38. The van der Waals surface area contributed by atoms with Gasteiger partial charge >= 0.3 is 0 Å². The highest BCUT2D eigenvalue weighted by molar-refractivity contribution is 6.10. The smallest absolute Gasteiger partial charge is 0.191 e. The van der Waals surface area contributed by atoms with E-state index < -0.39 is 5.41 Å². The fourth-order valence-corrected chi connectivity index (χ4v) is 7.54. The van der Waals surface area contributed by atoms with E-state index in [1.54, 1.807) is 7.11 Å².